The summed E-state index contributed by atoms with van der Waals surface area (Å²) in [5.74, 6) is 0.857. The van der Waals surface area contributed by atoms with Crippen molar-refractivity contribution in [3.63, 3.8) is 0 Å². The van der Waals surface area contributed by atoms with E-state index in [1.165, 1.54) is 64.6 Å². The summed E-state index contributed by atoms with van der Waals surface area (Å²) in [5, 5.41) is 4.16. The number of piperidine rings is 1. The Balaban J connectivity index is 1.84. The van der Waals surface area contributed by atoms with Gasteiger partial charge in [0.1, 0.15) is 0 Å². The Bertz CT molecular complexity index is 258. The van der Waals surface area contributed by atoms with Gasteiger partial charge in [-0.2, -0.15) is 0 Å². The van der Waals surface area contributed by atoms with Gasteiger partial charge in [-0.15, -0.1) is 11.6 Å². The highest BCUT2D eigenvalue weighted by atomic mass is 35.5. The third kappa shape index (κ3) is 5.51. The van der Waals surface area contributed by atoms with Gasteiger partial charge in [0, 0.05) is 25.0 Å². The lowest BCUT2D eigenvalue weighted by atomic mass is 9.88. The van der Waals surface area contributed by atoms with Crippen LogP contribution in [0.1, 0.15) is 44.9 Å². The van der Waals surface area contributed by atoms with E-state index in [4.69, 9.17) is 11.6 Å². The first-order valence-corrected chi connectivity index (χ1v) is 8.85. The number of likely N-dealkylation sites (N-methyl/N-ethyl adjacent to an activating group) is 1. The van der Waals surface area contributed by atoms with Crippen LogP contribution in [0.4, 0.5) is 0 Å². The highest BCUT2D eigenvalue weighted by Gasteiger charge is 2.26. The van der Waals surface area contributed by atoms with Crippen LogP contribution < -0.4 is 5.32 Å². The predicted octanol–water partition coefficient (Wildman–Crippen LogP) is 2.75. The highest BCUT2D eigenvalue weighted by Crippen LogP contribution is 2.29. The smallest absolute Gasteiger partial charge is 0.0597 e. The van der Waals surface area contributed by atoms with Crippen LogP contribution in [0.2, 0.25) is 0 Å². The minimum absolute atomic E-state index is 0.439. The molecule has 0 aromatic rings. The Kier molecular flexibility index (Phi) is 7.09. The molecular weight excluding hydrogens is 270 g/mol. The van der Waals surface area contributed by atoms with E-state index in [0.29, 0.717) is 11.5 Å². The molecule has 1 aliphatic heterocycles. The fraction of sp³-hybridized carbons (Fsp3) is 1.00. The molecule has 0 aromatic heterocycles. The van der Waals surface area contributed by atoms with Crippen molar-refractivity contribution in [3.8, 4) is 0 Å². The normalized spacial score (nSPS) is 31.9. The molecule has 2 rings (SSSR count). The number of nitrogens with zero attached hydrogens (tertiary/aromatic N) is 2. The molecule has 2 fully saturated rings. The molecule has 1 saturated heterocycles. The summed E-state index contributed by atoms with van der Waals surface area (Å²) < 4.78 is 0. The second-order valence-electron chi connectivity index (χ2n) is 6.88. The molecule has 0 amide bonds. The first kappa shape index (κ1) is 16.5. The molecule has 4 heteroatoms. The molecule has 0 aromatic carbocycles. The van der Waals surface area contributed by atoms with E-state index in [1.54, 1.807) is 0 Å². The van der Waals surface area contributed by atoms with Gasteiger partial charge in [0.05, 0.1) is 6.17 Å². The van der Waals surface area contributed by atoms with E-state index < -0.39 is 0 Å². The maximum atomic E-state index is 6.24. The van der Waals surface area contributed by atoms with Crippen molar-refractivity contribution in [2.24, 2.45) is 5.92 Å². The minimum atomic E-state index is 0.439. The highest BCUT2D eigenvalue weighted by molar-refractivity contribution is 6.20. The maximum Gasteiger partial charge on any atom is 0.0597 e. The first-order chi connectivity index (χ1) is 9.65. The van der Waals surface area contributed by atoms with Crippen molar-refractivity contribution >= 4 is 11.6 Å². The summed E-state index contributed by atoms with van der Waals surface area (Å²) in [6.45, 7) is 4.79. The van der Waals surface area contributed by atoms with E-state index >= 15 is 0 Å². The maximum absolute atomic E-state index is 6.24. The molecule has 1 atom stereocenters. The van der Waals surface area contributed by atoms with Gasteiger partial charge in [-0.1, -0.05) is 0 Å². The van der Waals surface area contributed by atoms with Gasteiger partial charge in [0.2, 0.25) is 0 Å². The van der Waals surface area contributed by atoms with Crippen LogP contribution in [0.3, 0.4) is 0 Å². The predicted molar refractivity (Wildman–Crippen MR) is 87.4 cm³/mol. The fourth-order valence-corrected chi connectivity index (χ4v) is 3.74. The monoisotopic (exact) mass is 301 g/mol. The quantitative estimate of drug-likeness (QED) is 0.761. The van der Waals surface area contributed by atoms with Crippen LogP contribution in [-0.4, -0.2) is 61.6 Å². The number of alkyl halides is 1. The van der Waals surface area contributed by atoms with Gasteiger partial charge in [-0.25, -0.2) is 0 Å². The summed E-state index contributed by atoms with van der Waals surface area (Å²) in [4.78, 5) is 5.00. The van der Waals surface area contributed by atoms with E-state index in [1.807, 2.05) is 0 Å². The molecule has 0 radical (unpaired) electrons. The van der Waals surface area contributed by atoms with Crippen molar-refractivity contribution in [3.05, 3.63) is 0 Å². The number of nitrogens with one attached hydrogen (secondary N) is 1. The van der Waals surface area contributed by atoms with Crippen molar-refractivity contribution in [2.45, 2.75) is 56.5 Å². The van der Waals surface area contributed by atoms with E-state index in [-0.39, 0.29) is 0 Å². The van der Waals surface area contributed by atoms with Crippen LogP contribution in [0.15, 0.2) is 0 Å². The summed E-state index contributed by atoms with van der Waals surface area (Å²) in [6, 6.07) is 0. The van der Waals surface area contributed by atoms with Crippen LogP contribution in [0.25, 0.3) is 0 Å². The van der Waals surface area contributed by atoms with E-state index in [2.05, 4.69) is 29.2 Å². The number of rotatable bonds is 6. The van der Waals surface area contributed by atoms with Gasteiger partial charge < -0.3 is 10.2 Å². The molecule has 1 saturated carbocycles. The topological polar surface area (TPSA) is 18.5 Å². The standard InChI is InChI=1S/C16H32ClN3/c1-19(2)11-12-20(16-5-3-4-10-18-16)13-14-6-8-15(17)9-7-14/h14-16,18H,3-13H2,1-2H3. The van der Waals surface area contributed by atoms with Crippen molar-refractivity contribution in [1.29, 1.82) is 0 Å². The molecule has 2 aliphatic rings. The Morgan fingerprint density at radius 3 is 2.35 bits per heavy atom. The Morgan fingerprint density at radius 1 is 1.00 bits per heavy atom. The van der Waals surface area contributed by atoms with Gasteiger partial charge in [0.25, 0.3) is 0 Å². The molecular formula is C16H32ClN3. The lowest BCUT2D eigenvalue weighted by Crippen LogP contribution is -2.51. The Morgan fingerprint density at radius 2 is 1.75 bits per heavy atom. The lowest BCUT2D eigenvalue weighted by molar-refractivity contribution is 0.0985. The van der Waals surface area contributed by atoms with E-state index in [9.17, 15) is 0 Å². The molecule has 0 spiro atoms. The number of halogens is 1. The largest absolute Gasteiger partial charge is 0.308 e. The van der Waals surface area contributed by atoms with Gasteiger partial charge in [0.15, 0.2) is 0 Å². The van der Waals surface area contributed by atoms with Crippen LogP contribution in [0, 0.1) is 5.92 Å². The molecule has 1 unspecified atom stereocenters. The third-order valence-electron chi connectivity index (χ3n) is 4.83. The minimum Gasteiger partial charge on any atom is -0.308 e. The molecule has 118 valence electrons. The Labute approximate surface area is 130 Å². The van der Waals surface area contributed by atoms with Crippen molar-refractivity contribution in [2.75, 3.05) is 40.3 Å². The third-order valence-corrected chi connectivity index (χ3v) is 5.26. The second kappa shape index (κ2) is 8.57. The summed E-state index contributed by atoms with van der Waals surface area (Å²) in [6.07, 6.45) is 9.71. The number of hydrogen-bond donors (Lipinski definition) is 1. The van der Waals surface area contributed by atoms with Crippen molar-refractivity contribution in [1.82, 2.24) is 15.1 Å². The SMILES string of the molecule is CN(C)CCN(CC1CCC(Cl)CC1)C1CCCCN1. The van der Waals surface area contributed by atoms with Gasteiger partial charge in [-0.05, 0) is 71.5 Å². The summed E-state index contributed by atoms with van der Waals surface area (Å²) in [5.41, 5.74) is 0. The lowest BCUT2D eigenvalue weighted by Gasteiger charge is -2.39. The molecule has 1 aliphatic carbocycles. The summed E-state index contributed by atoms with van der Waals surface area (Å²) in [7, 11) is 4.34. The van der Waals surface area contributed by atoms with Gasteiger partial charge in [-0.3, -0.25) is 4.90 Å². The first-order valence-electron chi connectivity index (χ1n) is 8.41. The molecule has 20 heavy (non-hydrogen) atoms. The number of hydrogen-bond acceptors (Lipinski definition) is 3. The van der Waals surface area contributed by atoms with Gasteiger partial charge >= 0.3 is 0 Å². The zero-order valence-electron chi connectivity index (χ0n) is 13.3. The van der Waals surface area contributed by atoms with Crippen LogP contribution in [0.5, 0.6) is 0 Å². The second-order valence-corrected chi connectivity index (χ2v) is 7.50. The zero-order chi connectivity index (χ0) is 14.4. The van der Waals surface area contributed by atoms with Crippen molar-refractivity contribution < 1.29 is 0 Å². The Hall–Kier alpha value is 0.170. The summed E-state index contributed by atoms with van der Waals surface area (Å²) >= 11 is 6.24. The van der Waals surface area contributed by atoms with E-state index in [0.717, 1.165) is 12.5 Å². The zero-order valence-corrected chi connectivity index (χ0v) is 14.0. The van der Waals surface area contributed by atoms with Crippen LogP contribution >= 0.6 is 11.6 Å². The molecule has 1 N–H and O–H groups in total. The molecule has 0 bridgehead atoms. The fourth-order valence-electron chi connectivity index (χ4n) is 3.48. The molecule has 3 nitrogen and oxygen atoms in total. The average molecular weight is 302 g/mol. The molecule has 1 heterocycles. The van der Waals surface area contributed by atoms with Crippen LogP contribution in [-0.2, 0) is 0 Å². The average Bonchev–Trinajstić information content (AvgIpc) is 2.46.